The third kappa shape index (κ3) is 2.76. The summed E-state index contributed by atoms with van der Waals surface area (Å²) in [5, 5.41) is 0. The second kappa shape index (κ2) is 6.84. The summed E-state index contributed by atoms with van der Waals surface area (Å²) in [5.74, 6) is 0.208. The quantitative estimate of drug-likeness (QED) is 0.455. The highest BCUT2D eigenvalue weighted by Gasteiger charge is 2.15. The number of benzene rings is 2. The van der Waals surface area contributed by atoms with Crippen LogP contribution in [0.25, 0.3) is 27.9 Å². The van der Waals surface area contributed by atoms with Crippen molar-refractivity contribution in [3.05, 3.63) is 77.1 Å². The van der Waals surface area contributed by atoms with Crippen LogP contribution in [0, 0.1) is 5.82 Å². The number of ether oxygens (including phenoxy) is 1. The molecule has 8 heteroatoms. The Kier molecular flexibility index (Phi) is 4.13. The van der Waals surface area contributed by atoms with Gasteiger partial charge in [-0.1, -0.05) is 0 Å². The van der Waals surface area contributed by atoms with Crippen molar-refractivity contribution >= 4 is 22.2 Å². The van der Waals surface area contributed by atoms with Gasteiger partial charge in [-0.25, -0.2) is 18.7 Å². The van der Waals surface area contributed by atoms with Gasteiger partial charge in [0.15, 0.2) is 5.65 Å². The van der Waals surface area contributed by atoms with Crippen molar-refractivity contribution in [2.45, 2.75) is 13.5 Å². The molecule has 5 aromatic rings. The van der Waals surface area contributed by atoms with Gasteiger partial charge in [0.1, 0.15) is 11.6 Å². The number of fused-ring (bicyclic) bond motifs is 2. The second-order valence-electron chi connectivity index (χ2n) is 6.89. The van der Waals surface area contributed by atoms with Crippen LogP contribution in [-0.2, 0) is 13.6 Å². The van der Waals surface area contributed by atoms with Crippen molar-refractivity contribution in [1.29, 1.82) is 0 Å². The van der Waals surface area contributed by atoms with E-state index in [4.69, 9.17) is 4.74 Å². The molecule has 0 radical (unpaired) electrons. The van der Waals surface area contributed by atoms with Gasteiger partial charge >= 0.3 is 11.7 Å². The molecule has 0 saturated carbocycles. The molecule has 2 aromatic carbocycles. The van der Waals surface area contributed by atoms with Crippen LogP contribution in [-0.4, -0.2) is 23.7 Å². The zero-order chi connectivity index (χ0) is 20.8. The van der Waals surface area contributed by atoms with Crippen LogP contribution in [0.1, 0.15) is 6.92 Å². The first kappa shape index (κ1) is 18.1. The lowest BCUT2D eigenvalue weighted by Crippen LogP contribution is -2.22. The van der Waals surface area contributed by atoms with Crippen LogP contribution in [0.4, 0.5) is 4.39 Å². The van der Waals surface area contributed by atoms with E-state index in [1.807, 2.05) is 26.1 Å². The fourth-order valence-corrected chi connectivity index (χ4v) is 3.63. The van der Waals surface area contributed by atoms with E-state index in [2.05, 4.69) is 9.97 Å². The average molecular weight is 403 g/mol. The highest BCUT2D eigenvalue weighted by molar-refractivity contribution is 5.77. The molecule has 0 unspecified atom stereocenters. The van der Waals surface area contributed by atoms with Crippen molar-refractivity contribution in [3.8, 4) is 17.4 Å². The maximum Gasteiger partial charge on any atom is 0.334 e. The molecule has 0 fully saturated rings. The summed E-state index contributed by atoms with van der Waals surface area (Å²) in [4.78, 5) is 21.6. The lowest BCUT2D eigenvalue weighted by molar-refractivity contribution is 0.428. The normalized spacial score (nSPS) is 11.4. The summed E-state index contributed by atoms with van der Waals surface area (Å²) in [5.41, 5.74) is 3.24. The van der Waals surface area contributed by atoms with Crippen molar-refractivity contribution in [2.75, 3.05) is 0 Å². The third-order valence-electron chi connectivity index (χ3n) is 5.11. The summed E-state index contributed by atoms with van der Waals surface area (Å²) in [6, 6.07) is 15.6. The van der Waals surface area contributed by atoms with Gasteiger partial charge in [0, 0.05) is 25.9 Å². The van der Waals surface area contributed by atoms with E-state index in [0.717, 1.165) is 11.0 Å². The predicted molar refractivity (Wildman–Crippen MR) is 112 cm³/mol. The number of rotatable bonds is 4. The van der Waals surface area contributed by atoms with Gasteiger partial charge in [-0.3, -0.25) is 9.13 Å². The van der Waals surface area contributed by atoms with Crippen LogP contribution in [0.2, 0.25) is 0 Å². The Labute approximate surface area is 170 Å². The minimum atomic E-state index is -0.346. The molecule has 30 heavy (non-hydrogen) atoms. The third-order valence-corrected chi connectivity index (χ3v) is 5.11. The minimum absolute atomic E-state index is 0.141. The maximum absolute atomic E-state index is 13.5. The Bertz CT molecular complexity index is 1450. The topological polar surface area (TPSA) is 66.9 Å². The summed E-state index contributed by atoms with van der Waals surface area (Å²) in [7, 11) is 1.81. The first-order valence-corrected chi connectivity index (χ1v) is 9.53. The molecule has 0 aliphatic rings. The van der Waals surface area contributed by atoms with Crippen LogP contribution >= 0.6 is 0 Å². The molecule has 5 rings (SSSR count). The number of halogens is 1. The zero-order valence-electron chi connectivity index (χ0n) is 16.4. The highest BCUT2D eigenvalue weighted by atomic mass is 19.1. The van der Waals surface area contributed by atoms with Gasteiger partial charge in [-0.05, 0) is 55.5 Å². The first-order valence-electron chi connectivity index (χ1n) is 9.53. The molecule has 3 aromatic heterocycles. The molecule has 0 aliphatic heterocycles. The molecule has 150 valence electrons. The molecule has 0 bridgehead atoms. The number of hydrogen-bond donors (Lipinski definition) is 0. The molecule has 0 aliphatic carbocycles. The molecule has 0 atom stereocenters. The molecular formula is C22H18FN5O2. The second-order valence-corrected chi connectivity index (χ2v) is 6.89. The van der Waals surface area contributed by atoms with Crippen LogP contribution in [0.15, 0.2) is 65.6 Å². The van der Waals surface area contributed by atoms with E-state index < -0.39 is 0 Å². The summed E-state index contributed by atoms with van der Waals surface area (Å²) in [6.45, 7) is 2.49. The van der Waals surface area contributed by atoms with Gasteiger partial charge in [0.25, 0.3) is 0 Å². The molecule has 3 heterocycles. The minimum Gasteiger partial charge on any atom is -0.425 e. The smallest absolute Gasteiger partial charge is 0.334 e. The number of hydrogen-bond acceptors (Lipinski definition) is 4. The fourth-order valence-electron chi connectivity index (χ4n) is 3.63. The van der Waals surface area contributed by atoms with E-state index in [1.165, 1.54) is 12.1 Å². The van der Waals surface area contributed by atoms with Crippen LogP contribution < -0.4 is 10.4 Å². The maximum atomic E-state index is 13.5. The molecule has 7 nitrogen and oxygen atoms in total. The van der Waals surface area contributed by atoms with Crippen LogP contribution in [0.5, 0.6) is 11.8 Å². The number of pyridine rings is 1. The summed E-state index contributed by atoms with van der Waals surface area (Å²) >= 11 is 0. The lowest BCUT2D eigenvalue weighted by Gasteiger charge is -2.07. The van der Waals surface area contributed by atoms with E-state index in [-0.39, 0.29) is 11.5 Å². The molecule has 0 spiro atoms. The molecule has 0 amide bonds. The first-order chi connectivity index (χ1) is 14.6. The van der Waals surface area contributed by atoms with Crippen molar-refractivity contribution in [2.24, 2.45) is 7.05 Å². The summed E-state index contributed by atoms with van der Waals surface area (Å²) in [6.07, 6.45) is 1.67. The number of imidazole rings is 2. The fraction of sp³-hybridized carbons (Fsp3) is 0.136. The van der Waals surface area contributed by atoms with Crippen LogP contribution in [0.3, 0.4) is 0 Å². The number of nitrogens with zero attached hydrogens (tertiary/aromatic N) is 5. The van der Waals surface area contributed by atoms with Gasteiger partial charge < -0.3 is 4.74 Å². The summed E-state index contributed by atoms with van der Waals surface area (Å²) < 4.78 is 24.4. The Morgan fingerprint density at radius 3 is 2.63 bits per heavy atom. The van der Waals surface area contributed by atoms with Gasteiger partial charge in [0.2, 0.25) is 0 Å². The molecule has 0 saturated heterocycles. The Hall–Kier alpha value is -3.94. The number of aryl methyl sites for hydroxylation is 2. The number of aromatic nitrogens is 5. The average Bonchev–Trinajstić information content (AvgIpc) is 3.21. The van der Waals surface area contributed by atoms with Gasteiger partial charge in [0.05, 0.1) is 22.2 Å². The largest absolute Gasteiger partial charge is 0.425 e. The van der Waals surface area contributed by atoms with E-state index in [1.54, 1.807) is 50.2 Å². The molecular weight excluding hydrogens is 385 g/mol. The van der Waals surface area contributed by atoms with E-state index in [0.29, 0.717) is 35.2 Å². The Balaban J connectivity index is 1.52. The SMILES string of the molecule is CCn1c(=O)n(-c2ccc(Oc3nc4cc(F)ccc4n3C)cc2)c2ncccc21. The Morgan fingerprint density at radius 1 is 1.07 bits per heavy atom. The predicted octanol–water partition coefficient (Wildman–Crippen LogP) is 4.03. The monoisotopic (exact) mass is 403 g/mol. The highest BCUT2D eigenvalue weighted by Crippen LogP contribution is 2.26. The van der Waals surface area contributed by atoms with E-state index >= 15 is 0 Å². The van der Waals surface area contributed by atoms with Crippen molar-refractivity contribution in [1.82, 2.24) is 23.7 Å². The standard InChI is InChI=1S/C22H18FN5O2/c1-3-27-19-5-4-12-24-20(19)28(22(27)29)15-7-9-16(10-8-15)30-21-25-17-13-14(23)6-11-18(17)26(21)2/h4-13H,3H2,1-2H3. The zero-order valence-corrected chi connectivity index (χ0v) is 16.4. The van der Waals surface area contributed by atoms with E-state index in [9.17, 15) is 9.18 Å². The van der Waals surface area contributed by atoms with Gasteiger partial charge in [-0.2, -0.15) is 4.98 Å². The lowest BCUT2D eigenvalue weighted by atomic mass is 10.3. The van der Waals surface area contributed by atoms with Crippen molar-refractivity contribution in [3.63, 3.8) is 0 Å². The van der Waals surface area contributed by atoms with Gasteiger partial charge in [-0.15, -0.1) is 0 Å². The van der Waals surface area contributed by atoms with Crippen molar-refractivity contribution < 1.29 is 9.13 Å². The molecule has 0 N–H and O–H groups in total. The Morgan fingerprint density at radius 2 is 1.87 bits per heavy atom.